The van der Waals surface area contributed by atoms with Gasteiger partial charge in [-0.2, -0.15) is 0 Å². The predicted molar refractivity (Wildman–Crippen MR) is 85.1 cm³/mol. The fourth-order valence-electron chi connectivity index (χ4n) is 2.89. The van der Waals surface area contributed by atoms with Gasteiger partial charge in [-0.3, -0.25) is 4.79 Å². The monoisotopic (exact) mass is 316 g/mol. The van der Waals surface area contributed by atoms with Gasteiger partial charge in [0.2, 0.25) is 0 Å². The Morgan fingerprint density at radius 3 is 2.96 bits per heavy atom. The van der Waals surface area contributed by atoms with Gasteiger partial charge in [0.05, 0.1) is 23.3 Å². The van der Waals surface area contributed by atoms with Crippen LogP contribution in [0.15, 0.2) is 30.6 Å². The van der Waals surface area contributed by atoms with E-state index in [0.29, 0.717) is 26.1 Å². The van der Waals surface area contributed by atoms with Crippen molar-refractivity contribution in [3.63, 3.8) is 0 Å². The van der Waals surface area contributed by atoms with Crippen molar-refractivity contribution in [2.45, 2.75) is 19.4 Å². The number of rotatable bonds is 5. The van der Waals surface area contributed by atoms with Gasteiger partial charge in [0.15, 0.2) is 0 Å². The number of nitrogens with one attached hydrogen (secondary N) is 1. The van der Waals surface area contributed by atoms with E-state index in [0.717, 1.165) is 24.0 Å². The molecule has 0 radical (unpaired) electrons. The fraction of sp³-hybridized carbons (Fsp3) is 0.438. The topological polar surface area (TPSA) is 87.5 Å². The maximum Gasteiger partial charge on any atom is 0.317 e. The van der Waals surface area contributed by atoms with Gasteiger partial charge in [-0.05, 0) is 25.0 Å². The average Bonchev–Trinajstić information content (AvgIpc) is 3.19. The molecule has 1 aromatic carbocycles. The molecule has 1 saturated heterocycles. The van der Waals surface area contributed by atoms with Crippen LogP contribution in [0.5, 0.6) is 0 Å². The lowest BCUT2D eigenvalue weighted by Crippen LogP contribution is -2.39. The first-order valence-corrected chi connectivity index (χ1v) is 7.80. The van der Waals surface area contributed by atoms with Gasteiger partial charge >= 0.3 is 12.0 Å². The summed E-state index contributed by atoms with van der Waals surface area (Å²) in [5.41, 5.74) is 2.05. The lowest BCUT2D eigenvalue weighted by molar-refractivity contribution is -0.141. The van der Waals surface area contributed by atoms with Crippen LogP contribution in [0.3, 0.4) is 0 Å². The summed E-state index contributed by atoms with van der Waals surface area (Å²) in [6.45, 7) is 2.14. The number of likely N-dealkylation sites (tertiary alicyclic amines) is 1. The SMILES string of the molecule is O=C(O)C1CCN(C(=O)NCCCn2cnc3ccccc32)C1. The van der Waals surface area contributed by atoms with E-state index in [1.165, 1.54) is 0 Å². The summed E-state index contributed by atoms with van der Waals surface area (Å²) >= 11 is 0. The molecule has 2 aromatic rings. The number of imidazole rings is 1. The van der Waals surface area contributed by atoms with Crippen molar-refractivity contribution < 1.29 is 14.7 Å². The summed E-state index contributed by atoms with van der Waals surface area (Å²) in [5, 5.41) is 11.8. The molecule has 0 bridgehead atoms. The lowest BCUT2D eigenvalue weighted by Gasteiger charge is -2.16. The number of carboxylic acid groups (broad SMARTS) is 1. The van der Waals surface area contributed by atoms with Crippen molar-refractivity contribution in [2.75, 3.05) is 19.6 Å². The molecule has 2 heterocycles. The molecule has 7 nitrogen and oxygen atoms in total. The number of amides is 2. The fourth-order valence-corrected chi connectivity index (χ4v) is 2.89. The highest BCUT2D eigenvalue weighted by atomic mass is 16.4. The largest absolute Gasteiger partial charge is 0.481 e. The summed E-state index contributed by atoms with van der Waals surface area (Å²) in [4.78, 5) is 28.8. The lowest BCUT2D eigenvalue weighted by atomic mass is 10.1. The van der Waals surface area contributed by atoms with Crippen LogP contribution in [0, 0.1) is 5.92 Å². The second-order valence-corrected chi connectivity index (χ2v) is 5.78. The van der Waals surface area contributed by atoms with Crippen molar-refractivity contribution in [3.8, 4) is 0 Å². The maximum atomic E-state index is 12.0. The van der Waals surface area contributed by atoms with Gasteiger partial charge in [0.1, 0.15) is 0 Å². The number of hydrogen-bond acceptors (Lipinski definition) is 3. The van der Waals surface area contributed by atoms with Crippen LogP contribution < -0.4 is 5.32 Å². The van der Waals surface area contributed by atoms with E-state index < -0.39 is 11.9 Å². The average molecular weight is 316 g/mol. The minimum atomic E-state index is -0.827. The zero-order valence-electron chi connectivity index (χ0n) is 12.8. The van der Waals surface area contributed by atoms with Crippen LogP contribution in [0.4, 0.5) is 4.79 Å². The number of para-hydroxylation sites is 2. The Bertz CT molecular complexity index is 712. The van der Waals surface area contributed by atoms with Crippen LogP contribution in [-0.4, -0.2) is 51.2 Å². The van der Waals surface area contributed by atoms with E-state index in [4.69, 9.17) is 5.11 Å². The number of hydrogen-bond donors (Lipinski definition) is 2. The van der Waals surface area contributed by atoms with E-state index in [-0.39, 0.29) is 6.03 Å². The van der Waals surface area contributed by atoms with Gasteiger partial charge in [0.25, 0.3) is 0 Å². The van der Waals surface area contributed by atoms with Crippen molar-refractivity contribution in [2.24, 2.45) is 5.92 Å². The smallest absolute Gasteiger partial charge is 0.317 e. The number of carbonyl (C=O) groups excluding carboxylic acids is 1. The molecular weight excluding hydrogens is 296 g/mol. The van der Waals surface area contributed by atoms with Crippen LogP contribution in [-0.2, 0) is 11.3 Å². The third-order valence-electron chi connectivity index (χ3n) is 4.20. The quantitative estimate of drug-likeness (QED) is 0.819. The van der Waals surface area contributed by atoms with Gasteiger partial charge < -0.3 is 19.9 Å². The third kappa shape index (κ3) is 3.44. The van der Waals surface area contributed by atoms with Gasteiger partial charge in [-0.1, -0.05) is 12.1 Å². The first kappa shape index (κ1) is 15.3. The van der Waals surface area contributed by atoms with Crippen molar-refractivity contribution >= 4 is 23.0 Å². The number of fused-ring (bicyclic) bond motifs is 1. The van der Waals surface area contributed by atoms with Gasteiger partial charge in [0, 0.05) is 26.2 Å². The number of carbonyl (C=O) groups is 2. The predicted octanol–water partition coefficient (Wildman–Crippen LogP) is 1.54. The highest BCUT2D eigenvalue weighted by Crippen LogP contribution is 2.16. The Morgan fingerprint density at radius 1 is 1.35 bits per heavy atom. The molecule has 2 N–H and O–H groups in total. The van der Waals surface area contributed by atoms with E-state index in [1.807, 2.05) is 30.6 Å². The molecule has 1 fully saturated rings. The molecule has 1 aliphatic heterocycles. The molecule has 23 heavy (non-hydrogen) atoms. The summed E-state index contributed by atoms with van der Waals surface area (Å²) in [5.74, 6) is -1.26. The number of aliphatic carboxylic acids is 1. The molecule has 3 rings (SSSR count). The molecule has 1 unspecified atom stereocenters. The van der Waals surface area contributed by atoms with Gasteiger partial charge in [-0.25, -0.2) is 9.78 Å². The van der Waals surface area contributed by atoms with Gasteiger partial charge in [-0.15, -0.1) is 0 Å². The summed E-state index contributed by atoms with van der Waals surface area (Å²) in [7, 11) is 0. The molecule has 1 aliphatic rings. The van der Waals surface area contributed by atoms with Crippen LogP contribution in [0.1, 0.15) is 12.8 Å². The normalized spacial score (nSPS) is 17.6. The van der Waals surface area contributed by atoms with Crippen LogP contribution >= 0.6 is 0 Å². The Morgan fingerprint density at radius 2 is 2.17 bits per heavy atom. The van der Waals surface area contributed by atoms with E-state index in [2.05, 4.69) is 14.9 Å². The number of nitrogens with zero attached hydrogens (tertiary/aromatic N) is 3. The molecular formula is C16H20N4O3. The number of carboxylic acids is 1. The van der Waals surface area contributed by atoms with Crippen molar-refractivity contribution in [1.82, 2.24) is 19.8 Å². The second kappa shape index (κ2) is 6.68. The molecule has 1 aromatic heterocycles. The standard InChI is InChI=1S/C16H20N4O3/c21-15(22)12-6-9-19(10-12)16(23)17-7-3-8-20-11-18-13-4-1-2-5-14(13)20/h1-2,4-5,11-12H,3,6-10H2,(H,17,23)(H,21,22). The zero-order valence-corrected chi connectivity index (χ0v) is 12.8. The summed E-state index contributed by atoms with van der Waals surface area (Å²) in [6.07, 6.45) is 3.14. The third-order valence-corrected chi connectivity index (χ3v) is 4.20. The minimum Gasteiger partial charge on any atom is -0.481 e. The van der Waals surface area contributed by atoms with Crippen molar-refractivity contribution in [3.05, 3.63) is 30.6 Å². The Hall–Kier alpha value is -2.57. The number of urea groups is 1. The Labute approximate surface area is 133 Å². The zero-order chi connectivity index (χ0) is 16.2. The van der Waals surface area contributed by atoms with E-state index >= 15 is 0 Å². The van der Waals surface area contributed by atoms with E-state index in [9.17, 15) is 9.59 Å². The van der Waals surface area contributed by atoms with Crippen molar-refractivity contribution in [1.29, 1.82) is 0 Å². The molecule has 0 aliphatic carbocycles. The molecule has 1 atom stereocenters. The molecule has 0 saturated carbocycles. The number of aromatic nitrogens is 2. The molecule has 0 spiro atoms. The molecule has 122 valence electrons. The Kier molecular flexibility index (Phi) is 4.45. The highest BCUT2D eigenvalue weighted by molar-refractivity contribution is 5.77. The minimum absolute atomic E-state index is 0.177. The molecule has 7 heteroatoms. The second-order valence-electron chi connectivity index (χ2n) is 5.78. The van der Waals surface area contributed by atoms with Crippen LogP contribution in [0.25, 0.3) is 11.0 Å². The first-order chi connectivity index (χ1) is 11.1. The Balaban J connectivity index is 1.43. The highest BCUT2D eigenvalue weighted by Gasteiger charge is 2.30. The van der Waals surface area contributed by atoms with Crippen LogP contribution in [0.2, 0.25) is 0 Å². The molecule has 2 amide bonds. The number of benzene rings is 1. The maximum absolute atomic E-state index is 12.0. The van der Waals surface area contributed by atoms with E-state index in [1.54, 1.807) is 4.90 Å². The first-order valence-electron chi connectivity index (χ1n) is 7.80. The number of aryl methyl sites for hydroxylation is 1. The summed E-state index contributed by atoms with van der Waals surface area (Å²) in [6, 6.07) is 7.76. The summed E-state index contributed by atoms with van der Waals surface area (Å²) < 4.78 is 2.07.